The molecule has 0 amide bonds. The molecule has 54 valence electrons. The number of nitrogens with zero attached hydrogens (tertiary/aromatic N) is 1. The number of aliphatic hydroxyl groups is 1. The van der Waals surface area contributed by atoms with Gasteiger partial charge in [0.05, 0.1) is 5.60 Å². The summed E-state index contributed by atoms with van der Waals surface area (Å²) in [7, 11) is 2.05. The van der Waals surface area contributed by atoms with E-state index in [1.54, 1.807) is 0 Å². The van der Waals surface area contributed by atoms with Crippen LogP contribution in [0.15, 0.2) is 0 Å². The first-order valence-corrected chi connectivity index (χ1v) is 3.44. The number of hydrogen-bond acceptors (Lipinski definition) is 2. The van der Waals surface area contributed by atoms with Crippen LogP contribution in [0.4, 0.5) is 0 Å². The summed E-state index contributed by atoms with van der Waals surface area (Å²) in [5.74, 6) is 0. The fraction of sp³-hybridized carbons (Fsp3) is 1.00. The van der Waals surface area contributed by atoms with E-state index in [2.05, 4.69) is 4.90 Å². The van der Waals surface area contributed by atoms with Gasteiger partial charge >= 0.3 is 0 Å². The maximum atomic E-state index is 9.47. The van der Waals surface area contributed by atoms with Gasteiger partial charge in [-0.1, -0.05) is 0 Å². The monoisotopic (exact) mass is 129 g/mol. The lowest BCUT2D eigenvalue weighted by atomic mass is 9.89. The standard InChI is InChI=1S/C7H15NO/c1-7(2,9)6-4-5-8(6)3/h6,9H,4-5H2,1-3H3. The van der Waals surface area contributed by atoms with E-state index >= 15 is 0 Å². The van der Waals surface area contributed by atoms with Gasteiger partial charge < -0.3 is 10.0 Å². The van der Waals surface area contributed by atoms with Gasteiger partial charge in [-0.25, -0.2) is 0 Å². The summed E-state index contributed by atoms with van der Waals surface area (Å²) in [6.45, 7) is 4.87. The first-order chi connectivity index (χ1) is 4.02. The Morgan fingerprint density at radius 1 is 1.56 bits per heavy atom. The van der Waals surface area contributed by atoms with Crippen LogP contribution in [-0.4, -0.2) is 35.2 Å². The van der Waals surface area contributed by atoms with Crippen molar-refractivity contribution in [2.24, 2.45) is 0 Å². The summed E-state index contributed by atoms with van der Waals surface area (Å²) in [6.07, 6.45) is 1.14. The maximum Gasteiger partial charge on any atom is 0.0746 e. The van der Waals surface area contributed by atoms with Gasteiger partial charge in [-0.2, -0.15) is 0 Å². The minimum atomic E-state index is -0.507. The Morgan fingerprint density at radius 3 is 2.11 bits per heavy atom. The van der Waals surface area contributed by atoms with Gasteiger partial charge in [-0.3, -0.25) is 0 Å². The summed E-state index contributed by atoms with van der Waals surface area (Å²) in [4.78, 5) is 2.18. The molecule has 1 heterocycles. The average Bonchev–Trinajstić information content (AvgIpc) is 1.57. The topological polar surface area (TPSA) is 23.5 Å². The van der Waals surface area contributed by atoms with Crippen molar-refractivity contribution in [3.8, 4) is 0 Å². The molecule has 9 heavy (non-hydrogen) atoms. The Labute approximate surface area is 56.5 Å². The minimum absolute atomic E-state index is 0.387. The van der Waals surface area contributed by atoms with Crippen LogP contribution in [0.3, 0.4) is 0 Å². The number of hydrogen-bond donors (Lipinski definition) is 1. The second-order valence-corrected chi connectivity index (χ2v) is 3.44. The van der Waals surface area contributed by atoms with Crippen molar-refractivity contribution in [2.75, 3.05) is 13.6 Å². The van der Waals surface area contributed by atoms with Gasteiger partial charge in [0.15, 0.2) is 0 Å². The molecule has 0 saturated carbocycles. The predicted molar refractivity (Wildman–Crippen MR) is 37.3 cm³/mol. The van der Waals surface area contributed by atoms with Crippen molar-refractivity contribution in [3.63, 3.8) is 0 Å². The lowest BCUT2D eigenvalue weighted by Crippen LogP contribution is -2.56. The highest BCUT2D eigenvalue weighted by molar-refractivity contribution is 4.91. The van der Waals surface area contributed by atoms with Crippen LogP contribution in [0.1, 0.15) is 20.3 Å². The van der Waals surface area contributed by atoms with Crippen molar-refractivity contribution in [3.05, 3.63) is 0 Å². The number of likely N-dealkylation sites (N-methyl/N-ethyl adjacent to an activating group) is 1. The maximum absolute atomic E-state index is 9.47. The Morgan fingerprint density at radius 2 is 2.11 bits per heavy atom. The molecule has 1 rings (SSSR count). The quantitative estimate of drug-likeness (QED) is 0.556. The molecule has 1 unspecified atom stereocenters. The highest BCUT2D eigenvalue weighted by atomic mass is 16.3. The zero-order valence-electron chi connectivity index (χ0n) is 6.39. The van der Waals surface area contributed by atoms with E-state index in [1.165, 1.54) is 0 Å². The van der Waals surface area contributed by atoms with Gasteiger partial charge in [-0.15, -0.1) is 0 Å². The molecule has 1 aliphatic heterocycles. The third kappa shape index (κ3) is 1.25. The smallest absolute Gasteiger partial charge is 0.0746 e. The molecular weight excluding hydrogens is 114 g/mol. The number of likely N-dealkylation sites (tertiary alicyclic amines) is 1. The first kappa shape index (κ1) is 7.03. The Balaban J connectivity index is 2.44. The third-order valence-electron chi connectivity index (χ3n) is 2.10. The van der Waals surface area contributed by atoms with Crippen LogP contribution < -0.4 is 0 Å². The largest absolute Gasteiger partial charge is 0.389 e. The lowest BCUT2D eigenvalue weighted by molar-refractivity contribution is -0.0573. The fourth-order valence-electron chi connectivity index (χ4n) is 1.41. The fourth-order valence-corrected chi connectivity index (χ4v) is 1.41. The molecule has 2 heteroatoms. The molecule has 1 fully saturated rings. The van der Waals surface area contributed by atoms with Crippen molar-refractivity contribution < 1.29 is 5.11 Å². The molecule has 0 aromatic heterocycles. The van der Waals surface area contributed by atoms with Crippen molar-refractivity contribution in [1.82, 2.24) is 4.90 Å². The molecule has 0 spiro atoms. The SMILES string of the molecule is CN1CCC1C(C)(C)O. The highest BCUT2D eigenvalue weighted by Crippen LogP contribution is 2.24. The third-order valence-corrected chi connectivity index (χ3v) is 2.10. The van der Waals surface area contributed by atoms with E-state index in [4.69, 9.17) is 0 Å². The molecule has 2 nitrogen and oxygen atoms in total. The zero-order valence-corrected chi connectivity index (χ0v) is 6.39. The second-order valence-electron chi connectivity index (χ2n) is 3.44. The van der Waals surface area contributed by atoms with Gasteiger partial charge in [0.1, 0.15) is 0 Å². The highest BCUT2D eigenvalue weighted by Gasteiger charge is 2.36. The molecule has 0 bridgehead atoms. The average molecular weight is 129 g/mol. The number of rotatable bonds is 1. The van der Waals surface area contributed by atoms with Crippen LogP contribution in [0.2, 0.25) is 0 Å². The van der Waals surface area contributed by atoms with E-state index in [0.717, 1.165) is 13.0 Å². The summed E-state index contributed by atoms with van der Waals surface area (Å²) < 4.78 is 0. The molecule has 0 aromatic carbocycles. The van der Waals surface area contributed by atoms with E-state index < -0.39 is 5.60 Å². The van der Waals surface area contributed by atoms with E-state index in [-0.39, 0.29) is 0 Å². The van der Waals surface area contributed by atoms with Gasteiger partial charge in [0, 0.05) is 6.04 Å². The van der Waals surface area contributed by atoms with E-state index in [1.807, 2.05) is 20.9 Å². The summed E-state index contributed by atoms with van der Waals surface area (Å²) in [6, 6.07) is 0.387. The Bertz CT molecular complexity index is 106. The molecule has 1 saturated heterocycles. The Hall–Kier alpha value is -0.0800. The molecule has 0 aromatic rings. The zero-order chi connectivity index (χ0) is 7.07. The predicted octanol–water partition coefficient (Wildman–Crippen LogP) is 0.461. The van der Waals surface area contributed by atoms with Crippen molar-refractivity contribution in [1.29, 1.82) is 0 Å². The summed E-state index contributed by atoms with van der Waals surface area (Å²) in [5, 5.41) is 9.47. The van der Waals surface area contributed by atoms with E-state index in [9.17, 15) is 5.11 Å². The van der Waals surface area contributed by atoms with Crippen LogP contribution in [0, 0.1) is 0 Å². The van der Waals surface area contributed by atoms with E-state index in [0.29, 0.717) is 6.04 Å². The summed E-state index contributed by atoms with van der Waals surface area (Å²) >= 11 is 0. The minimum Gasteiger partial charge on any atom is -0.389 e. The van der Waals surface area contributed by atoms with Crippen LogP contribution in [0.5, 0.6) is 0 Å². The molecule has 0 radical (unpaired) electrons. The van der Waals surface area contributed by atoms with Crippen LogP contribution in [0.25, 0.3) is 0 Å². The van der Waals surface area contributed by atoms with Crippen molar-refractivity contribution >= 4 is 0 Å². The second kappa shape index (κ2) is 1.96. The van der Waals surface area contributed by atoms with Gasteiger partial charge in [0.25, 0.3) is 0 Å². The van der Waals surface area contributed by atoms with Gasteiger partial charge in [-0.05, 0) is 33.9 Å². The molecule has 0 aliphatic carbocycles. The van der Waals surface area contributed by atoms with Crippen LogP contribution >= 0.6 is 0 Å². The normalized spacial score (nSPS) is 30.0. The molecule has 1 N–H and O–H groups in total. The molecule has 1 atom stereocenters. The summed E-state index contributed by atoms with van der Waals surface area (Å²) in [5.41, 5.74) is -0.507. The van der Waals surface area contributed by atoms with Crippen LogP contribution in [-0.2, 0) is 0 Å². The lowest BCUT2D eigenvalue weighted by Gasteiger charge is -2.45. The Kier molecular flexibility index (Phi) is 1.53. The molecule has 1 aliphatic rings. The van der Waals surface area contributed by atoms with Gasteiger partial charge in [0.2, 0.25) is 0 Å². The molecular formula is C7H15NO. The van der Waals surface area contributed by atoms with Crippen molar-refractivity contribution in [2.45, 2.75) is 31.9 Å². The first-order valence-electron chi connectivity index (χ1n) is 3.44.